The topological polar surface area (TPSA) is 84.5 Å². The van der Waals surface area contributed by atoms with Crippen molar-refractivity contribution in [2.24, 2.45) is 16.6 Å². The monoisotopic (exact) mass is 207 g/mol. The summed E-state index contributed by atoms with van der Waals surface area (Å²) >= 11 is 0. The van der Waals surface area contributed by atoms with E-state index in [-0.39, 0.29) is 18.2 Å². The van der Waals surface area contributed by atoms with Crippen molar-refractivity contribution in [3.8, 4) is 0 Å². The van der Waals surface area contributed by atoms with E-state index in [2.05, 4.69) is 9.71 Å². The first kappa shape index (κ1) is 12.4. The lowest BCUT2D eigenvalue weighted by Crippen LogP contribution is -2.25. The zero-order valence-corrected chi connectivity index (χ0v) is 9.06. The molecule has 0 aromatic rings. The van der Waals surface area contributed by atoms with Gasteiger partial charge in [0.05, 0.1) is 18.1 Å². The van der Waals surface area contributed by atoms with Crippen molar-refractivity contribution < 1.29 is 8.42 Å². The minimum Gasteiger partial charge on any atom is -0.387 e. The standard InChI is InChI=1S/C7H17N3O2S/c1-6(2)7(8)10-4-5-13(11,12)9-3/h6,9H,4-5H2,1-3H3,(H2,8,10). The molecule has 0 aliphatic heterocycles. The lowest BCUT2D eigenvalue weighted by molar-refractivity contribution is 0.588. The van der Waals surface area contributed by atoms with Gasteiger partial charge in [-0.3, -0.25) is 4.99 Å². The Hall–Kier alpha value is -0.620. The van der Waals surface area contributed by atoms with Gasteiger partial charge in [0.2, 0.25) is 10.0 Å². The molecular formula is C7H17N3O2S. The van der Waals surface area contributed by atoms with Gasteiger partial charge in [-0.1, -0.05) is 13.8 Å². The van der Waals surface area contributed by atoms with E-state index in [1.807, 2.05) is 13.8 Å². The summed E-state index contributed by atoms with van der Waals surface area (Å²) < 4.78 is 24.1. The number of nitrogens with zero attached hydrogens (tertiary/aromatic N) is 1. The third-order valence-corrected chi connectivity index (χ3v) is 2.90. The van der Waals surface area contributed by atoms with Crippen LogP contribution in [-0.4, -0.2) is 33.6 Å². The van der Waals surface area contributed by atoms with Crippen molar-refractivity contribution >= 4 is 15.9 Å². The van der Waals surface area contributed by atoms with Crippen LogP contribution < -0.4 is 10.5 Å². The molecule has 0 aliphatic rings. The van der Waals surface area contributed by atoms with Crippen LogP contribution in [0.25, 0.3) is 0 Å². The first-order valence-corrected chi connectivity index (χ1v) is 5.75. The van der Waals surface area contributed by atoms with Crippen LogP contribution in [0.1, 0.15) is 13.8 Å². The Morgan fingerprint density at radius 1 is 1.54 bits per heavy atom. The first-order chi connectivity index (χ1) is 5.89. The molecule has 0 saturated heterocycles. The normalized spacial score (nSPS) is 13.7. The molecule has 0 rings (SSSR count). The lowest BCUT2D eigenvalue weighted by Gasteiger charge is -2.03. The molecule has 0 bridgehead atoms. The number of hydrogen-bond acceptors (Lipinski definition) is 3. The van der Waals surface area contributed by atoms with Gasteiger partial charge >= 0.3 is 0 Å². The van der Waals surface area contributed by atoms with Gasteiger partial charge < -0.3 is 5.73 Å². The molecule has 0 aliphatic carbocycles. The van der Waals surface area contributed by atoms with Gasteiger partial charge in [0.1, 0.15) is 0 Å². The van der Waals surface area contributed by atoms with Crippen LogP contribution >= 0.6 is 0 Å². The molecule has 0 heterocycles. The van der Waals surface area contributed by atoms with Crippen molar-refractivity contribution in [2.45, 2.75) is 13.8 Å². The van der Waals surface area contributed by atoms with Crippen LogP contribution in [0.2, 0.25) is 0 Å². The third-order valence-electron chi connectivity index (χ3n) is 1.56. The van der Waals surface area contributed by atoms with Gasteiger partial charge in [-0.05, 0) is 7.05 Å². The van der Waals surface area contributed by atoms with Gasteiger partial charge in [0, 0.05) is 5.92 Å². The Labute approximate surface area is 79.5 Å². The Morgan fingerprint density at radius 2 is 2.08 bits per heavy atom. The Morgan fingerprint density at radius 3 is 2.46 bits per heavy atom. The molecule has 0 unspecified atom stereocenters. The van der Waals surface area contributed by atoms with Gasteiger partial charge in [-0.15, -0.1) is 0 Å². The molecule has 0 atom stereocenters. The van der Waals surface area contributed by atoms with Crippen LogP contribution in [0.4, 0.5) is 0 Å². The first-order valence-electron chi connectivity index (χ1n) is 4.10. The minimum absolute atomic E-state index is 0.0169. The number of nitrogens with two attached hydrogens (primary N) is 1. The summed E-state index contributed by atoms with van der Waals surface area (Å²) in [6.45, 7) is 4.03. The zero-order valence-electron chi connectivity index (χ0n) is 8.24. The molecule has 0 saturated carbocycles. The summed E-state index contributed by atoms with van der Waals surface area (Å²) in [7, 11) is -1.77. The van der Waals surface area contributed by atoms with Gasteiger partial charge in [-0.25, -0.2) is 13.1 Å². The van der Waals surface area contributed by atoms with E-state index in [0.717, 1.165) is 0 Å². The van der Waals surface area contributed by atoms with E-state index in [4.69, 9.17) is 5.73 Å². The van der Waals surface area contributed by atoms with Gasteiger partial charge in [0.25, 0.3) is 0 Å². The maximum atomic E-state index is 10.9. The summed E-state index contributed by atoms with van der Waals surface area (Å²) in [5.41, 5.74) is 5.52. The van der Waals surface area contributed by atoms with Gasteiger partial charge in [-0.2, -0.15) is 0 Å². The maximum Gasteiger partial charge on any atom is 0.213 e. The number of rotatable bonds is 5. The largest absolute Gasteiger partial charge is 0.387 e. The molecule has 78 valence electrons. The molecule has 0 aromatic heterocycles. The third kappa shape index (κ3) is 5.59. The van der Waals surface area contributed by atoms with Crippen LogP contribution in [0.5, 0.6) is 0 Å². The predicted molar refractivity (Wildman–Crippen MR) is 54.2 cm³/mol. The Balaban J connectivity index is 4.00. The van der Waals surface area contributed by atoms with Crippen LogP contribution in [0.3, 0.4) is 0 Å². The van der Waals surface area contributed by atoms with Crippen LogP contribution in [0.15, 0.2) is 4.99 Å². The number of hydrogen-bond donors (Lipinski definition) is 2. The van der Waals surface area contributed by atoms with Crippen molar-refractivity contribution in [1.82, 2.24) is 4.72 Å². The summed E-state index contributed by atoms with van der Waals surface area (Å²) in [6.07, 6.45) is 0. The summed E-state index contributed by atoms with van der Waals surface area (Å²) in [5, 5.41) is 0. The van der Waals surface area contributed by atoms with E-state index in [1.165, 1.54) is 7.05 Å². The van der Waals surface area contributed by atoms with E-state index >= 15 is 0 Å². The highest BCUT2D eigenvalue weighted by atomic mass is 32.2. The molecule has 0 aromatic carbocycles. The Kier molecular flexibility index (Phi) is 4.94. The number of sulfonamides is 1. The number of aliphatic imine (C=N–C) groups is 1. The lowest BCUT2D eigenvalue weighted by atomic mass is 10.2. The smallest absolute Gasteiger partial charge is 0.213 e. The molecule has 5 nitrogen and oxygen atoms in total. The average Bonchev–Trinajstić information content (AvgIpc) is 2.04. The van der Waals surface area contributed by atoms with E-state index in [1.54, 1.807) is 0 Å². The van der Waals surface area contributed by atoms with Crippen molar-refractivity contribution in [2.75, 3.05) is 19.3 Å². The fourth-order valence-corrected chi connectivity index (χ4v) is 1.12. The molecule has 13 heavy (non-hydrogen) atoms. The van der Waals surface area contributed by atoms with Crippen molar-refractivity contribution in [3.63, 3.8) is 0 Å². The highest BCUT2D eigenvalue weighted by molar-refractivity contribution is 7.89. The zero-order chi connectivity index (χ0) is 10.5. The fraction of sp³-hybridized carbons (Fsp3) is 0.857. The van der Waals surface area contributed by atoms with E-state index in [9.17, 15) is 8.42 Å². The predicted octanol–water partition coefficient (Wildman–Crippen LogP) is -0.451. The quantitative estimate of drug-likeness (QED) is 0.473. The second kappa shape index (κ2) is 5.18. The second-order valence-corrected chi connectivity index (χ2v) is 5.03. The highest BCUT2D eigenvalue weighted by Gasteiger charge is 2.05. The molecular weight excluding hydrogens is 190 g/mol. The molecule has 3 N–H and O–H groups in total. The number of amidine groups is 1. The minimum atomic E-state index is -3.15. The van der Waals surface area contributed by atoms with E-state index < -0.39 is 10.0 Å². The summed E-state index contributed by atoms with van der Waals surface area (Å²) in [6, 6.07) is 0. The van der Waals surface area contributed by atoms with E-state index in [0.29, 0.717) is 5.84 Å². The maximum absolute atomic E-state index is 10.9. The molecule has 0 amide bonds. The van der Waals surface area contributed by atoms with Crippen LogP contribution in [-0.2, 0) is 10.0 Å². The molecule has 6 heteroatoms. The fourth-order valence-electron chi connectivity index (χ4n) is 0.580. The average molecular weight is 207 g/mol. The molecule has 0 radical (unpaired) electrons. The van der Waals surface area contributed by atoms with Crippen molar-refractivity contribution in [3.05, 3.63) is 0 Å². The van der Waals surface area contributed by atoms with Gasteiger partial charge in [0.15, 0.2) is 0 Å². The van der Waals surface area contributed by atoms with Crippen LogP contribution in [0, 0.1) is 5.92 Å². The second-order valence-electron chi connectivity index (χ2n) is 2.98. The summed E-state index contributed by atoms with van der Waals surface area (Å²) in [5.74, 6) is 0.639. The molecule has 0 fully saturated rings. The SMILES string of the molecule is CNS(=O)(=O)CCN=C(N)C(C)C. The summed E-state index contributed by atoms with van der Waals surface area (Å²) in [4.78, 5) is 3.93. The molecule has 0 spiro atoms. The van der Waals surface area contributed by atoms with Crippen molar-refractivity contribution in [1.29, 1.82) is 0 Å². The number of nitrogens with one attached hydrogen (secondary N) is 1. The Bertz CT molecular complexity index is 269. The highest BCUT2D eigenvalue weighted by Crippen LogP contribution is 1.92.